The quantitative estimate of drug-likeness (QED) is 0.368. The Morgan fingerprint density at radius 1 is 0.929 bits per heavy atom. The number of aromatic amines is 2. The number of rotatable bonds is 3. The largest absolute Gasteiger partial charge is 0.464 e. The first kappa shape index (κ1) is 16.3. The van der Waals surface area contributed by atoms with Crippen molar-refractivity contribution in [2.75, 3.05) is 7.11 Å². The molecule has 2 N–H and O–H groups in total. The second kappa shape index (κ2) is 6.06. The van der Waals surface area contributed by atoms with Crippen molar-refractivity contribution in [3.63, 3.8) is 0 Å². The van der Waals surface area contributed by atoms with Gasteiger partial charge in [0, 0.05) is 39.0 Å². The zero-order chi connectivity index (χ0) is 19.3. The summed E-state index contributed by atoms with van der Waals surface area (Å²) in [4.78, 5) is 36.3. The van der Waals surface area contributed by atoms with Gasteiger partial charge in [-0.1, -0.05) is 36.4 Å². The lowest BCUT2D eigenvalue weighted by molar-refractivity contribution is 0.0594. The van der Waals surface area contributed by atoms with Gasteiger partial charge in [-0.3, -0.25) is 4.79 Å². The van der Waals surface area contributed by atoms with Crippen molar-refractivity contribution in [1.82, 2.24) is 15.0 Å². The Morgan fingerprint density at radius 2 is 1.64 bits per heavy atom. The lowest BCUT2D eigenvalue weighted by atomic mass is 10.0. The van der Waals surface area contributed by atoms with Gasteiger partial charge in [0.1, 0.15) is 11.4 Å². The van der Waals surface area contributed by atoms with Gasteiger partial charge in [-0.15, -0.1) is 0 Å². The van der Waals surface area contributed by atoms with E-state index in [1.54, 1.807) is 12.3 Å². The van der Waals surface area contributed by atoms with Crippen LogP contribution in [0.25, 0.3) is 32.7 Å². The van der Waals surface area contributed by atoms with Crippen LogP contribution in [0.15, 0.2) is 60.8 Å². The summed E-state index contributed by atoms with van der Waals surface area (Å²) < 4.78 is 4.84. The van der Waals surface area contributed by atoms with E-state index in [2.05, 4.69) is 15.0 Å². The van der Waals surface area contributed by atoms with Crippen molar-refractivity contribution in [2.24, 2.45) is 0 Å². The Morgan fingerprint density at radius 3 is 2.43 bits per heavy atom. The molecule has 0 amide bonds. The second-order valence-corrected chi connectivity index (χ2v) is 6.52. The van der Waals surface area contributed by atoms with E-state index in [1.165, 1.54) is 7.11 Å². The maximum absolute atomic E-state index is 13.4. The standard InChI is InChI=1S/C22H15N3O3/c1-28-22(27)18-10-14-12-6-3-5-9-17(12)24-19(14)20(25-18)21(26)15-11-23-16-8-4-2-7-13(15)16/h2-11,23-24H,1H3. The monoisotopic (exact) mass is 369 g/mol. The molecular weight excluding hydrogens is 354 g/mol. The summed E-state index contributed by atoms with van der Waals surface area (Å²) in [5.74, 6) is -0.847. The predicted octanol–water partition coefficient (Wildman–Crippen LogP) is 4.22. The van der Waals surface area contributed by atoms with E-state index in [0.717, 1.165) is 27.2 Å². The van der Waals surface area contributed by atoms with E-state index < -0.39 is 5.97 Å². The number of fused-ring (bicyclic) bond motifs is 4. The van der Waals surface area contributed by atoms with Crippen LogP contribution in [0.3, 0.4) is 0 Å². The Kier molecular flexibility index (Phi) is 3.52. The van der Waals surface area contributed by atoms with Crippen LogP contribution in [-0.4, -0.2) is 33.8 Å². The Bertz CT molecular complexity index is 1390. The maximum atomic E-state index is 13.4. The molecule has 5 rings (SSSR count). The molecule has 2 aromatic carbocycles. The molecule has 6 nitrogen and oxygen atoms in total. The van der Waals surface area contributed by atoms with E-state index in [9.17, 15) is 9.59 Å². The van der Waals surface area contributed by atoms with Crippen molar-refractivity contribution >= 4 is 44.5 Å². The van der Waals surface area contributed by atoms with Gasteiger partial charge >= 0.3 is 5.97 Å². The zero-order valence-electron chi connectivity index (χ0n) is 14.9. The molecule has 0 saturated heterocycles. The molecular formula is C22H15N3O3. The highest BCUT2D eigenvalue weighted by Crippen LogP contribution is 2.30. The maximum Gasteiger partial charge on any atom is 0.356 e. The number of benzene rings is 2. The number of para-hydroxylation sites is 2. The first-order valence-electron chi connectivity index (χ1n) is 8.78. The molecule has 5 aromatic rings. The number of hydrogen-bond donors (Lipinski definition) is 2. The molecule has 0 bridgehead atoms. The molecule has 0 spiro atoms. The number of nitrogens with zero attached hydrogens (tertiary/aromatic N) is 1. The van der Waals surface area contributed by atoms with E-state index in [1.807, 2.05) is 48.5 Å². The fourth-order valence-electron chi connectivity index (χ4n) is 3.61. The van der Waals surface area contributed by atoms with Crippen LogP contribution in [0.4, 0.5) is 0 Å². The lowest BCUT2D eigenvalue weighted by Crippen LogP contribution is -2.11. The highest BCUT2D eigenvalue weighted by Gasteiger charge is 2.23. The number of ketones is 1. The van der Waals surface area contributed by atoms with E-state index >= 15 is 0 Å². The summed E-state index contributed by atoms with van der Waals surface area (Å²) in [5, 5.41) is 2.48. The molecule has 0 saturated carbocycles. The average Bonchev–Trinajstić information content (AvgIpc) is 3.33. The summed E-state index contributed by atoms with van der Waals surface area (Å²) in [5.41, 5.74) is 3.13. The van der Waals surface area contributed by atoms with Crippen molar-refractivity contribution < 1.29 is 14.3 Å². The lowest BCUT2D eigenvalue weighted by Gasteiger charge is -2.05. The van der Waals surface area contributed by atoms with Crippen LogP contribution in [-0.2, 0) is 4.74 Å². The highest BCUT2D eigenvalue weighted by atomic mass is 16.5. The number of carbonyl (C=O) groups is 2. The fraction of sp³-hybridized carbons (Fsp3) is 0.0455. The fourth-order valence-corrected chi connectivity index (χ4v) is 3.61. The first-order chi connectivity index (χ1) is 13.7. The topological polar surface area (TPSA) is 87.8 Å². The van der Waals surface area contributed by atoms with Crippen molar-refractivity contribution in [1.29, 1.82) is 0 Å². The summed E-state index contributed by atoms with van der Waals surface area (Å²) >= 11 is 0. The van der Waals surface area contributed by atoms with Crippen LogP contribution in [0, 0.1) is 0 Å². The average molecular weight is 369 g/mol. The van der Waals surface area contributed by atoms with Gasteiger partial charge in [-0.25, -0.2) is 9.78 Å². The number of ether oxygens (including phenoxy) is 1. The van der Waals surface area contributed by atoms with Gasteiger partial charge in [0.15, 0.2) is 0 Å². The first-order valence-corrected chi connectivity index (χ1v) is 8.78. The number of methoxy groups -OCH3 is 1. The third-order valence-corrected chi connectivity index (χ3v) is 4.94. The number of hydrogen-bond acceptors (Lipinski definition) is 4. The van der Waals surface area contributed by atoms with Gasteiger partial charge in [-0.05, 0) is 18.2 Å². The smallest absolute Gasteiger partial charge is 0.356 e. The van der Waals surface area contributed by atoms with Crippen LogP contribution in [0.1, 0.15) is 26.5 Å². The Hall–Kier alpha value is -3.93. The summed E-state index contributed by atoms with van der Waals surface area (Å²) in [6.45, 7) is 0. The second-order valence-electron chi connectivity index (χ2n) is 6.52. The molecule has 0 aliphatic heterocycles. The molecule has 0 aliphatic rings. The normalized spacial score (nSPS) is 11.3. The third-order valence-electron chi connectivity index (χ3n) is 4.94. The van der Waals surface area contributed by atoms with Crippen LogP contribution >= 0.6 is 0 Å². The minimum absolute atomic E-state index is 0.0999. The summed E-state index contributed by atoms with van der Waals surface area (Å²) in [6.07, 6.45) is 1.67. The van der Waals surface area contributed by atoms with Crippen LogP contribution in [0.2, 0.25) is 0 Å². The van der Waals surface area contributed by atoms with E-state index in [0.29, 0.717) is 11.1 Å². The number of carbonyl (C=O) groups excluding carboxylic acids is 2. The number of H-pyrrole nitrogens is 2. The SMILES string of the molecule is COC(=O)c1cc2c([nH]c3ccccc32)c(C(=O)c2c[nH]c3ccccc23)n1. The van der Waals surface area contributed by atoms with Crippen molar-refractivity contribution in [3.05, 3.63) is 77.7 Å². The summed E-state index contributed by atoms with van der Waals surface area (Å²) in [7, 11) is 1.30. The van der Waals surface area contributed by atoms with Crippen molar-refractivity contribution in [2.45, 2.75) is 0 Å². The number of pyridine rings is 1. The molecule has 0 unspecified atom stereocenters. The van der Waals surface area contributed by atoms with Gasteiger partial charge in [0.2, 0.25) is 5.78 Å². The molecule has 28 heavy (non-hydrogen) atoms. The molecule has 0 radical (unpaired) electrons. The van der Waals surface area contributed by atoms with Gasteiger partial charge < -0.3 is 14.7 Å². The molecule has 3 heterocycles. The van der Waals surface area contributed by atoms with Crippen LogP contribution < -0.4 is 0 Å². The molecule has 0 aliphatic carbocycles. The Balaban J connectivity index is 1.82. The molecule has 3 aromatic heterocycles. The Labute approximate surface area is 159 Å². The van der Waals surface area contributed by atoms with E-state index in [-0.39, 0.29) is 17.2 Å². The minimum Gasteiger partial charge on any atom is -0.464 e. The molecule has 6 heteroatoms. The van der Waals surface area contributed by atoms with Gasteiger partial charge in [-0.2, -0.15) is 0 Å². The zero-order valence-corrected chi connectivity index (χ0v) is 14.9. The van der Waals surface area contributed by atoms with Gasteiger partial charge in [0.25, 0.3) is 0 Å². The van der Waals surface area contributed by atoms with Gasteiger partial charge in [0.05, 0.1) is 12.6 Å². The molecule has 0 atom stereocenters. The predicted molar refractivity (Wildman–Crippen MR) is 107 cm³/mol. The molecule has 136 valence electrons. The van der Waals surface area contributed by atoms with Crippen molar-refractivity contribution in [3.8, 4) is 0 Å². The van der Waals surface area contributed by atoms with Crippen LogP contribution in [0.5, 0.6) is 0 Å². The number of aromatic nitrogens is 3. The number of esters is 1. The van der Waals surface area contributed by atoms with E-state index in [4.69, 9.17) is 4.74 Å². The third kappa shape index (κ3) is 2.31. The molecule has 0 fully saturated rings. The minimum atomic E-state index is -0.583. The highest BCUT2D eigenvalue weighted by molar-refractivity contribution is 6.23. The summed E-state index contributed by atoms with van der Waals surface area (Å²) in [6, 6.07) is 16.9. The number of nitrogens with one attached hydrogen (secondary N) is 2.